The van der Waals surface area contributed by atoms with Crippen LogP contribution in [-0.2, 0) is 9.59 Å². The van der Waals surface area contributed by atoms with Crippen molar-refractivity contribution in [3.05, 3.63) is 75.6 Å². The molecule has 1 atom stereocenters. The van der Waals surface area contributed by atoms with Crippen molar-refractivity contribution in [3.63, 3.8) is 0 Å². The van der Waals surface area contributed by atoms with E-state index in [4.69, 9.17) is 0 Å². The highest BCUT2D eigenvalue weighted by molar-refractivity contribution is 8.03. The van der Waals surface area contributed by atoms with Gasteiger partial charge < -0.3 is 10.6 Å². The Hall–Kier alpha value is -3.11. The first-order valence-corrected chi connectivity index (χ1v) is 10.1. The highest BCUT2D eigenvalue weighted by Gasteiger charge is 2.29. The maximum Gasteiger partial charge on any atom is 0.234 e. The summed E-state index contributed by atoms with van der Waals surface area (Å²) in [5.41, 5.74) is 3.79. The van der Waals surface area contributed by atoms with E-state index in [-0.39, 0.29) is 29.8 Å². The molecule has 0 radical (unpaired) electrons. The number of hydrogen-bond acceptors (Lipinski definition) is 4. The summed E-state index contributed by atoms with van der Waals surface area (Å²) in [6, 6.07) is 13.7. The molecular weight excluding hydrogens is 389 g/mol. The third-order valence-electron chi connectivity index (χ3n) is 4.64. The van der Waals surface area contributed by atoms with Gasteiger partial charge in [0.25, 0.3) is 0 Å². The lowest BCUT2D eigenvalue weighted by Crippen LogP contribution is -2.31. The number of benzene rings is 2. The molecule has 3 rings (SSSR count). The van der Waals surface area contributed by atoms with Gasteiger partial charge in [0.1, 0.15) is 5.82 Å². The SMILES string of the molecule is Cc1ccc(C)c(NC(=O)CSC2=C(C#N)C(c3ccc(F)cc3)CC(=O)N2)c1. The number of aryl methyl sites for hydroxylation is 2. The third kappa shape index (κ3) is 5.04. The highest BCUT2D eigenvalue weighted by Crippen LogP contribution is 2.36. The monoisotopic (exact) mass is 409 g/mol. The average Bonchev–Trinajstić information content (AvgIpc) is 2.69. The van der Waals surface area contributed by atoms with E-state index in [0.717, 1.165) is 28.6 Å². The summed E-state index contributed by atoms with van der Waals surface area (Å²) < 4.78 is 13.2. The first-order valence-electron chi connectivity index (χ1n) is 9.07. The maximum atomic E-state index is 13.2. The van der Waals surface area contributed by atoms with Gasteiger partial charge >= 0.3 is 0 Å². The van der Waals surface area contributed by atoms with Crippen LogP contribution >= 0.6 is 11.8 Å². The second-order valence-electron chi connectivity index (χ2n) is 6.87. The van der Waals surface area contributed by atoms with Gasteiger partial charge in [-0.3, -0.25) is 9.59 Å². The molecule has 0 spiro atoms. The normalized spacial score (nSPS) is 16.2. The summed E-state index contributed by atoms with van der Waals surface area (Å²) in [5.74, 6) is -1.26. The van der Waals surface area contributed by atoms with E-state index < -0.39 is 5.92 Å². The number of amides is 2. The van der Waals surface area contributed by atoms with Gasteiger partial charge in [-0.2, -0.15) is 5.26 Å². The number of hydrogen-bond donors (Lipinski definition) is 2. The number of carbonyl (C=O) groups is 2. The molecule has 0 fully saturated rings. The van der Waals surface area contributed by atoms with Gasteiger partial charge in [0.05, 0.1) is 22.4 Å². The number of rotatable bonds is 5. The standard InChI is InChI=1S/C22H20FN3O2S/c1-13-3-4-14(2)19(9-13)25-21(28)12-29-22-18(11-24)17(10-20(27)26-22)15-5-7-16(23)8-6-15/h3-9,17H,10,12H2,1-2H3,(H,25,28)(H,26,27). The minimum absolute atomic E-state index is 0.0459. The number of anilines is 1. The number of thioether (sulfide) groups is 1. The van der Waals surface area contributed by atoms with E-state index in [1.165, 1.54) is 12.1 Å². The molecule has 0 saturated heterocycles. The molecule has 1 unspecified atom stereocenters. The Balaban J connectivity index is 1.76. The molecule has 2 aromatic rings. The number of carbonyl (C=O) groups excluding carboxylic acids is 2. The Kier molecular flexibility index (Phi) is 6.35. The van der Waals surface area contributed by atoms with Crippen molar-refractivity contribution in [3.8, 4) is 6.07 Å². The smallest absolute Gasteiger partial charge is 0.234 e. The van der Waals surface area contributed by atoms with Crippen LogP contribution < -0.4 is 10.6 Å². The van der Waals surface area contributed by atoms with Crippen molar-refractivity contribution in [2.75, 3.05) is 11.1 Å². The average molecular weight is 409 g/mol. The number of nitrogens with zero attached hydrogens (tertiary/aromatic N) is 1. The Morgan fingerprint density at radius 1 is 1.28 bits per heavy atom. The molecule has 2 N–H and O–H groups in total. The molecule has 148 valence electrons. The van der Waals surface area contributed by atoms with Crippen LogP contribution in [0.3, 0.4) is 0 Å². The molecule has 1 aliphatic rings. The van der Waals surface area contributed by atoms with Crippen LogP contribution in [0.2, 0.25) is 0 Å². The van der Waals surface area contributed by atoms with E-state index in [0.29, 0.717) is 16.2 Å². The summed E-state index contributed by atoms with van der Waals surface area (Å²) in [7, 11) is 0. The molecule has 0 aliphatic carbocycles. The fourth-order valence-corrected chi connectivity index (χ4v) is 3.98. The summed E-state index contributed by atoms with van der Waals surface area (Å²) in [6.45, 7) is 3.86. The Morgan fingerprint density at radius 3 is 2.69 bits per heavy atom. The molecular formula is C22H20FN3O2S. The van der Waals surface area contributed by atoms with Crippen molar-refractivity contribution >= 4 is 29.3 Å². The molecule has 5 nitrogen and oxygen atoms in total. The molecule has 7 heteroatoms. The van der Waals surface area contributed by atoms with Crippen LogP contribution in [0.4, 0.5) is 10.1 Å². The van der Waals surface area contributed by atoms with Gasteiger partial charge in [0.15, 0.2) is 0 Å². The largest absolute Gasteiger partial charge is 0.325 e. The predicted octanol–water partition coefficient (Wildman–Crippen LogP) is 4.15. The first kappa shape index (κ1) is 20.6. The lowest BCUT2D eigenvalue weighted by molar-refractivity contribution is -0.121. The van der Waals surface area contributed by atoms with E-state index in [1.54, 1.807) is 12.1 Å². The highest BCUT2D eigenvalue weighted by atomic mass is 32.2. The fourth-order valence-electron chi connectivity index (χ4n) is 3.11. The van der Waals surface area contributed by atoms with Crippen LogP contribution in [0.1, 0.15) is 29.0 Å². The van der Waals surface area contributed by atoms with Crippen molar-refractivity contribution in [1.82, 2.24) is 5.32 Å². The van der Waals surface area contributed by atoms with E-state index in [1.807, 2.05) is 32.0 Å². The maximum absolute atomic E-state index is 13.2. The van der Waals surface area contributed by atoms with Gasteiger partial charge in [0, 0.05) is 18.0 Å². The van der Waals surface area contributed by atoms with Gasteiger partial charge in [-0.1, -0.05) is 36.0 Å². The quantitative estimate of drug-likeness (QED) is 0.777. The van der Waals surface area contributed by atoms with Gasteiger partial charge in [-0.15, -0.1) is 0 Å². The van der Waals surface area contributed by atoms with Crippen molar-refractivity contribution in [2.24, 2.45) is 0 Å². The number of nitrogens with one attached hydrogen (secondary N) is 2. The molecule has 0 aromatic heterocycles. The molecule has 1 heterocycles. The zero-order chi connectivity index (χ0) is 21.0. The number of halogens is 1. The second kappa shape index (κ2) is 8.93. The van der Waals surface area contributed by atoms with Crippen LogP contribution in [0, 0.1) is 31.0 Å². The van der Waals surface area contributed by atoms with E-state index in [2.05, 4.69) is 16.7 Å². The van der Waals surface area contributed by atoms with Crippen LogP contribution in [0.5, 0.6) is 0 Å². The summed E-state index contributed by atoms with van der Waals surface area (Å²) >= 11 is 1.11. The minimum atomic E-state index is -0.459. The first-order chi connectivity index (χ1) is 13.9. The van der Waals surface area contributed by atoms with E-state index >= 15 is 0 Å². The van der Waals surface area contributed by atoms with Crippen molar-refractivity contribution in [1.29, 1.82) is 5.26 Å². The van der Waals surface area contributed by atoms with Gasteiger partial charge in [-0.25, -0.2) is 4.39 Å². The van der Waals surface area contributed by atoms with E-state index in [9.17, 15) is 19.2 Å². The second-order valence-corrected chi connectivity index (χ2v) is 7.85. The van der Waals surface area contributed by atoms with Crippen molar-refractivity contribution in [2.45, 2.75) is 26.2 Å². The predicted molar refractivity (Wildman–Crippen MR) is 112 cm³/mol. The zero-order valence-electron chi connectivity index (χ0n) is 16.1. The minimum Gasteiger partial charge on any atom is -0.325 e. The fraction of sp³-hybridized carbons (Fsp3) is 0.227. The molecule has 29 heavy (non-hydrogen) atoms. The lowest BCUT2D eigenvalue weighted by Gasteiger charge is -2.25. The van der Waals surface area contributed by atoms with Gasteiger partial charge in [0.2, 0.25) is 11.8 Å². The summed E-state index contributed by atoms with van der Waals surface area (Å²) in [5, 5.41) is 15.6. The summed E-state index contributed by atoms with van der Waals surface area (Å²) in [4.78, 5) is 24.6. The number of nitriles is 1. The lowest BCUT2D eigenvalue weighted by atomic mass is 9.87. The van der Waals surface area contributed by atoms with Crippen LogP contribution in [-0.4, -0.2) is 17.6 Å². The number of allylic oxidation sites excluding steroid dienone is 1. The molecule has 2 aromatic carbocycles. The van der Waals surface area contributed by atoms with Crippen LogP contribution in [0.15, 0.2) is 53.1 Å². The molecule has 1 aliphatic heterocycles. The summed E-state index contributed by atoms with van der Waals surface area (Å²) in [6.07, 6.45) is 0.104. The Labute approximate surface area is 173 Å². The molecule has 0 bridgehead atoms. The Bertz CT molecular complexity index is 1030. The van der Waals surface area contributed by atoms with Crippen molar-refractivity contribution < 1.29 is 14.0 Å². The third-order valence-corrected chi connectivity index (χ3v) is 5.66. The molecule has 0 saturated carbocycles. The Morgan fingerprint density at radius 2 is 2.00 bits per heavy atom. The zero-order valence-corrected chi connectivity index (χ0v) is 16.9. The molecule has 2 amide bonds. The van der Waals surface area contributed by atoms with Crippen LogP contribution in [0.25, 0.3) is 0 Å². The van der Waals surface area contributed by atoms with Gasteiger partial charge in [-0.05, 0) is 48.7 Å². The topological polar surface area (TPSA) is 82.0 Å².